The van der Waals surface area contributed by atoms with Crippen LogP contribution >= 0.6 is 11.6 Å². The Hall–Kier alpha value is -3.05. The topological polar surface area (TPSA) is 120 Å². The molecule has 2 fully saturated rings. The highest BCUT2D eigenvalue weighted by molar-refractivity contribution is 6.33. The number of halogens is 1. The Kier molecular flexibility index (Phi) is 9.00. The summed E-state index contributed by atoms with van der Waals surface area (Å²) in [4.78, 5) is 30.5. The van der Waals surface area contributed by atoms with Crippen molar-refractivity contribution < 1.29 is 9.47 Å². The lowest BCUT2D eigenvalue weighted by Crippen LogP contribution is -2.32. The number of nitrogens with zero attached hydrogens (tertiary/aromatic N) is 5. The number of hydrogen-bond donors (Lipinski definition) is 2. The summed E-state index contributed by atoms with van der Waals surface area (Å²) >= 11 is 6.81. The van der Waals surface area contributed by atoms with E-state index in [1.807, 2.05) is 42.7 Å². The second-order valence-corrected chi connectivity index (χ2v) is 10.9. The van der Waals surface area contributed by atoms with Gasteiger partial charge in [-0.3, -0.25) is 14.3 Å². The molecule has 40 heavy (non-hydrogen) atoms. The molecular formula is C29H38ClN7O3. The highest BCUT2D eigenvalue weighted by atomic mass is 35.5. The summed E-state index contributed by atoms with van der Waals surface area (Å²) in [6.07, 6.45) is 4.43. The highest BCUT2D eigenvalue weighted by Crippen LogP contribution is 2.33. The average Bonchev–Trinajstić information content (AvgIpc) is 3.41. The predicted molar refractivity (Wildman–Crippen MR) is 159 cm³/mol. The summed E-state index contributed by atoms with van der Waals surface area (Å²) < 4.78 is 12.5. The first-order valence-corrected chi connectivity index (χ1v) is 14.3. The first-order valence-electron chi connectivity index (χ1n) is 13.9. The van der Waals surface area contributed by atoms with Gasteiger partial charge >= 0.3 is 0 Å². The minimum atomic E-state index is -0.137. The van der Waals surface area contributed by atoms with Crippen molar-refractivity contribution in [2.24, 2.45) is 10.7 Å². The number of ether oxygens (including phenoxy) is 2. The van der Waals surface area contributed by atoms with E-state index in [9.17, 15) is 4.79 Å². The van der Waals surface area contributed by atoms with Gasteiger partial charge in [0.05, 0.1) is 19.2 Å². The SMILES string of the molecule is CO/C(C)=N\C(C)c1ccc(-c2cc3cnc(NC4CCOCC4)nc3n(C3CCN(CCN)C3)c2=O)c(Cl)c1. The van der Waals surface area contributed by atoms with Gasteiger partial charge in [-0.05, 0) is 43.9 Å². The molecular weight excluding hydrogens is 530 g/mol. The third kappa shape index (κ3) is 6.15. The van der Waals surface area contributed by atoms with Gasteiger partial charge in [0, 0.05) is 80.1 Å². The molecule has 11 heteroatoms. The van der Waals surface area contributed by atoms with E-state index in [1.54, 1.807) is 13.3 Å². The van der Waals surface area contributed by atoms with Crippen molar-refractivity contribution in [2.45, 2.75) is 51.2 Å². The largest absolute Gasteiger partial charge is 0.484 e. The Morgan fingerprint density at radius 2 is 2.08 bits per heavy atom. The van der Waals surface area contributed by atoms with E-state index in [-0.39, 0.29) is 23.7 Å². The van der Waals surface area contributed by atoms with E-state index in [1.165, 1.54) is 0 Å². The second-order valence-electron chi connectivity index (χ2n) is 10.5. The normalized spacial score (nSPS) is 19.7. The van der Waals surface area contributed by atoms with E-state index >= 15 is 0 Å². The number of pyridine rings is 1. The fraction of sp³-hybridized carbons (Fsp3) is 0.517. The Morgan fingerprint density at radius 1 is 1.27 bits per heavy atom. The lowest BCUT2D eigenvalue weighted by molar-refractivity contribution is 0.0903. The fourth-order valence-electron chi connectivity index (χ4n) is 5.56. The van der Waals surface area contributed by atoms with Crippen molar-refractivity contribution in [1.29, 1.82) is 0 Å². The molecule has 2 aliphatic rings. The Morgan fingerprint density at radius 3 is 2.80 bits per heavy atom. The first-order chi connectivity index (χ1) is 19.4. The zero-order chi connectivity index (χ0) is 28.2. The number of likely N-dealkylation sites (tertiary alicyclic amines) is 1. The van der Waals surface area contributed by atoms with Gasteiger partial charge < -0.3 is 20.5 Å². The summed E-state index contributed by atoms with van der Waals surface area (Å²) in [7, 11) is 1.60. The van der Waals surface area contributed by atoms with E-state index in [2.05, 4.69) is 20.2 Å². The Balaban J connectivity index is 1.57. The van der Waals surface area contributed by atoms with E-state index in [4.69, 9.17) is 31.8 Å². The van der Waals surface area contributed by atoms with Crippen LogP contribution in [0.4, 0.5) is 5.95 Å². The molecule has 5 rings (SSSR count). The standard InChI is InChI=1S/C29H38ClN7O3/c1-18(33-19(2)39-3)20-4-5-24(26(30)15-20)25-14-21-16-32-29(34-22-7-12-40-13-8-22)35-27(21)37(28(25)38)23-6-10-36(17-23)11-9-31/h4-5,14-16,18,22-23H,6-13,17,31H2,1-3H3,(H,32,34,35)/b33-19-. The van der Waals surface area contributed by atoms with Crippen LogP contribution in [0.15, 0.2) is 40.2 Å². The summed E-state index contributed by atoms with van der Waals surface area (Å²) in [6.45, 7) is 8.23. The van der Waals surface area contributed by atoms with Crippen LogP contribution in [-0.4, -0.2) is 77.9 Å². The van der Waals surface area contributed by atoms with Crippen molar-refractivity contribution in [1.82, 2.24) is 19.4 Å². The van der Waals surface area contributed by atoms with Crippen molar-refractivity contribution in [3.63, 3.8) is 0 Å². The van der Waals surface area contributed by atoms with Gasteiger partial charge in [0.15, 0.2) is 5.90 Å². The smallest absolute Gasteiger partial charge is 0.260 e. The molecule has 1 aromatic carbocycles. The molecule has 10 nitrogen and oxygen atoms in total. The average molecular weight is 568 g/mol. The minimum absolute atomic E-state index is 0.0308. The van der Waals surface area contributed by atoms with Crippen LogP contribution in [-0.2, 0) is 9.47 Å². The molecule has 0 spiro atoms. The van der Waals surface area contributed by atoms with Crippen LogP contribution in [0.1, 0.15) is 50.8 Å². The molecule has 0 bridgehead atoms. The molecule has 0 amide bonds. The predicted octanol–water partition coefficient (Wildman–Crippen LogP) is 4.03. The summed E-state index contributed by atoms with van der Waals surface area (Å²) in [5, 5.41) is 4.73. The molecule has 214 valence electrons. The molecule has 2 unspecified atom stereocenters. The molecule has 0 radical (unpaired) electrons. The van der Waals surface area contributed by atoms with Gasteiger partial charge in [0.25, 0.3) is 5.56 Å². The number of nitrogens with two attached hydrogens (primary N) is 1. The minimum Gasteiger partial charge on any atom is -0.484 e. The van der Waals surface area contributed by atoms with E-state index < -0.39 is 0 Å². The molecule has 2 aliphatic heterocycles. The fourth-order valence-corrected chi connectivity index (χ4v) is 5.85. The first kappa shape index (κ1) is 28.5. The number of nitrogens with one attached hydrogen (secondary N) is 1. The van der Waals surface area contributed by atoms with Crippen LogP contribution in [0.2, 0.25) is 5.02 Å². The zero-order valence-corrected chi connectivity index (χ0v) is 24.2. The molecule has 3 aromatic rings. The summed E-state index contributed by atoms with van der Waals surface area (Å²) in [6, 6.07) is 7.67. The van der Waals surface area contributed by atoms with Gasteiger partial charge in [-0.2, -0.15) is 4.98 Å². The molecule has 2 atom stereocenters. The van der Waals surface area contributed by atoms with Crippen LogP contribution in [0.5, 0.6) is 0 Å². The van der Waals surface area contributed by atoms with Crippen LogP contribution in [0.3, 0.4) is 0 Å². The lowest BCUT2D eigenvalue weighted by atomic mass is 10.0. The maximum absolute atomic E-state index is 14.2. The summed E-state index contributed by atoms with van der Waals surface area (Å²) in [5.74, 6) is 1.12. The van der Waals surface area contributed by atoms with Gasteiger partial charge in [-0.1, -0.05) is 23.7 Å². The van der Waals surface area contributed by atoms with Gasteiger partial charge in [-0.15, -0.1) is 0 Å². The van der Waals surface area contributed by atoms with Crippen LogP contribution < -0.4 is 16.6 Å². The number of methoxy groups -OCH3 is 1. The Labute approximate surface area is 239 Å². The quantitative estimate of drug-likeness (QED) is 0.309. The lowest BCUT2D eigenvalue weighted by Gasteiger charge is -2.24. The molecule has 2 aromatic heterocycles. The highest BCUT2D eigenvalue weighted by Gasteiger charge is 2.28. The van der Waals surface area contributed by atoms with Crippen molar-refractivity contribution in [3.05, 3.63) is 51.4 Å². The molecule has 3 N–H and O–H groups in total. The number of aliphatic imine (C=N–C) groups is 1. The van der Waals surface area contributed by atoms with Gasteiger partial charge in [0.2, 0.25) is 5.95 Å². The number of hydrogen-bond acceptors (Lipinski definition) is 9. The molecule has 0 saturated carbocycles. The Bertz CT molecular complexity index is 1440. The van der Waals surface area contributed by atoms with Crippen molar-refractivity contribution >= 4 is 34.5 Å². The number of benzene rings is 1. The number of anilines is 1. The maximum Gasteiger partial charge on any atom is 0.260 e. The van der Waals surface area contributed by atoms with Crippen molar-refractivity contribution in [2.75, 3.05) is 51.8 Å². The molecule has 0 aliphatic carbocycles. The van der Waals surface area contributed by atoms with Gasteiger partial charge in [0.1, 0.15) is 5.65 Å². The van der Waals surface area contributed by atoms with E-state index in [0.29, 0.717) is 40.2 Å². The number of aromatic nitrogens is 3. The second kappa shape index (κ2) is 12.6. The van der Waals surface area contributed by atoms with Crippen LogP contribution in [0, 0.1) is 0 Å². The zero-order valence-electron chi connectivity index (χ0n) is 23.4. The monoisotopic (exact) mass is 567 g/mol. The van der Waals surface area contributed by atoms with Crippen LogP contribution in [0.25, 0.3) is 22.2 Å². The summed E-state index contributed by atoms with van der Waals surface area (Å²) in [5.41, 5.74) is 8.48. The van der Waals surface area contributed by atoms with E-state index in [0.717, 1.165) is 63.1 Å². The third-order valence-corrected chi connectivity index (χ3v) is 8.13. The number of rotatable bonds is 8. The van der Waals surface area contributed by atoms with Crippen molar-refractivity contribution in [3.8, 4) is 11.1 Å². The van der Waals surface area contributed by atoms with Gasteiger partial charge in [-0.25, -0.2) is 9.98 Å². The third-order valence-electron chi connectivity index (χ3n) is 7.82. The maximum atomic E-state index is 14.2. The molecule has 2 saturated heterocycles. The number of fused-ring (bicyclic) bond motifs is 1. The molecule has 4 heterocycles.